The normalized spacial score (nSPS) is 14.5. The second kappa shape index (κ2) is 5.54. The van der Waals surface area contributed by atoms with E-state index in [9.17, 15) is 0 Å². The van der Waals surface area contributed by atoms with Crippen LogP contribution in [0.2, 0.25) is 5.02 Å². The van der Waals surface area contributed by atoms with Crippen LogP contribution in [0.5, 0.6) is 5.88 Å². The third kappa shape index (κ3) is 3.52. The molecule has 0 amide bonds. The smallest absolute Gasteiger partial charge is 0.232 e. The number of aromatic nitrogens is 1. The van der Waals surface area contributed by atoms with Crippen LogP contribution in [0.3, 0.4) is 0 Å². The summed E-state index contributed by atoms with van der Waals surface area (Å²) in [7, 11) is 0. The van der Waals surface area contributed by atoms with E-state index in [1.807, 2.05) is 0 Å². The fraction of sp³-hybridized carbons (Fsp3) is 0.500. The highest BCUT2D eigenvalue weighted by Crippen LogP contribution is 2.30. The van der Waals surface area contributed by atoms with Gasteiger partial charge in [0.15, 0.2) is 0 Å². The van der Waals surface area contributed by atoms with Gasteiger partial charge in [-0.1, -0.05) is 11.6 Å². The lowest BCUT2D eigenvalue weighted by Gasteiger charge is -2.06. The summed E-state index contributed by atoms with van der Waals surface area (Å²) in [6.07, 6.45) is 4.23. The van der Waals surface area contributed by atoms with Gasteiger partial charge < -0.3 is 10.5 Å². The first-order valence-corrected chi connectivity index (χ1v) is 5.14. The number of ether oxygens (including phenoxy) is 1. The first-order valence-electron chi connectivity index (χ1n) is 4.77. The molecule has 0 spiro atoms. The molecule has 2 N–H and O–H groups in total. The topological polar surface area (TPSA) is 48.1 Å². The summed E-state index contributed by atoms with van der Waals surface area (Å²) in [5.74, 6) is 1.23. The molecule has 5 heteroatoms. The van der Waals surface area contributed by atoms with Gasteiger partial charge in [-0.05, 0) is 30.4 Å². The lowest BCUT2D eigenvalue weighted by atomic mass is 10.3. The largest absolute Gasteiger partial charge is 0.476 e. The van der Waals surface area contributed by atoms with Crippen LogP contribution in [0.4, 0.5) is 0 Å². The zero-order chi connectivity index (χ0) is 9.97. The zero-order valence-corrected chi connectivity index (χ0v) is 9.85. The van der Waals surface area contributed by atoms with Crippen LogP contribution in [0.1, 0.15) is 18.4 Å². The minimum Gasteiger partial charge on any atom is -0.476 e. The first kappa shape index (κ1) is 12.6. The van der Waals surface area contributed by atoms with Crippen molar-refractivity contribution in [2.45, 2.75) is 19.4 Å². The Bertz CT molecular complexity index is 329. The monoisotopic (exact) mass is 248 g/mol. The Morgan fingerprint density at radius 2 is 2.27 bits per heavy atom. The Labute approximate surface area is 100 Å². The second-order valence-corrected chi connectivity index (χ2v) is 4.00. The predicted octanol–water partition coefficient (Wildman–Crippen LogP) is 2.40. The van der Waals surface area contributed by atoms with Crippen LogP contribution < -0.4 is 10.5 Å². The maximum Gasteiger partial charge on any atom is 0.232 e. The van der Waals surface area contributed by atoms with Crippen molar-refractivity contribution in [2.75, 3.05) is 6.61 Å². The van der Waals surface area contributed by atoms with Crippen LogP contribution in [-0.4, -0.2) is 11.6 Å². The average molecular weight is 249 g/mol. The molecule has 0 saturated heterocycles. The summed E-state index contributed by atoms with van der Waals surface area (Å²) < 4.78 is 5.48. The van der Waals surface area contributed by atoms with E-state index in [4.69, 9.17) is 22.1 Å². The molecule has 1 saturated carbocycles. The number of hydrogen-bond acceptors (Lipinski definition) is 3. The molecule has 84 valence electrons. The van der Waals surface area contributed by atoms with Gasteiger partial charge in [0.2, 0.25) is 5.88 Å². The number of hydrogen-bond donors (Lipinski definition) is 1. The van der Waals surface area contributed by atoms with E-state index in [1.54, 1.807) is 12.3 Å². The predicted molar refractivity (Wildman–Crippen MR) is 62.6 cm³/mol. The van der Waals surface area contributed by atoms with Gasteiger partial charge in [0.25, 0.3) is 0 Å². The van der Waals surface area contributed by atoms with Gasteiger partial charge in [-0.3, -0.25) is 0 Å². The van der Waals surface area contributed by atoms with E-state index in [0.29, 0.717) is 23.4 Å². The van der Waals surface area contributed by atoms with Crippen LogP contribution >= 0.6 is 24.0 Å². The van der Waals surface area contributed by atoms with Crippen molar-refractivity contribution in [1.29, 1.82) is 0 Å². The fourth-order valence-electron chi connectivity index (χ4n) is 1.16. The molecule has 0 aliphatic heterocycles. The molecule has 1 aliphatic rings. The van der Waals surface area contributed by atoms with Gasteiger partial charge in [-0.25, -0.2) is 4.98 Å². The van der Waals surface area contributed by atoms with Crippen molar-refractivity contribution >= 4 is 24.0 Å². The van der Waals surface area contributed by atoms with Crippen LogP contribution in [0.25, 0.3) is 0 Å². The van der Waals surface area contributed by atoms with E-state index < -0.39 is 0 Å². The molecule has 2 rings (SSSR count). The molecule has 1 heterocycles. The lowest BCUT2D eigenvalue weighted by molar-refractivity contribution is 0.288. The Morgan fingerprint density at radius 1 is 1.53 bits per heavy atom. The standard InChI is InChI=1S/C10H13ClN2O.ClH/c11-9-3-8(4-12)5-13-10(9)14-6-7-1-2-7;/h3,5,7H,1-2,4,6,12H2;1H. The number of nitrogens with two attached hydrogens (primary N) is 1. The fourth-order valence-corrected chi connectivity index (χ4v) is 1.41. The molecule has 0 bridgehead atoms. The van der Waals surface area contributed by atoms with E-state index in [-0.39, 0.29) is 12.4 Å². The van der Waals surface area contributed by atoms with Crippen molar-refractivity contribution in [1.82, 2.24) is 4.98 Å². The molecule has 15 heavy (non-hydrogen) atoms. The van der Waals surface area contributed by atoms with Crippen molar-refractivity contribution in [2.24, 2.45) is 11.7 Å². The Morgan fingerprint density at radius 3 is 2.80 bits per heavy atom. The van der Waals surface area contributed by atoms with E-state index in [1.165, 1.54) is 12.8 Å². The molecule has 0 unspecified atom stereocenters. The summed E-state index contributed by atoms with van der Waals surface area (Å²) in [4.78, 5) is 4.11. The molecule has 0 aromatic carbocycles. The van der Waals surface area contributed by atoms with Gasteiger partial charge in [-0.2, -0.15) is 0 Å². The highest BCUT2D eigenvalue weighted by molar-refractivity contribution is 6.31. The van der Waals surface area contributed by atoms with Gasteiger partial charge in [0, 0.05) is 12.7 Å². The molecule has 0 atom stereocenters. The highest BCUT2D eigenvalue weighted by atomic mass is 35.5. The van der Waals surface area contributed by atoms with Crippen molar-refractivity contribution in [3.63, 3.8) is 0 Å². The average Bonchev–Trinajstić information content (AvgIpc) is 2.99. The quantitative estimate of drug-likeness (QED) is 0.891. The number of halogens is 2. The van der Waals surface area contributed by atoms with E-state index in [0.717, 1.165) is 12.2 Å². The molecule has 1 aromatic rings. The van der Waals surface area contributed by atoms with E-state index >= 15 is 0 Å². The van der Waals surface area contributed by atoms with Crippen LogP contribution in [-0.2, 0) is 6.54 Å². The molecule has 1 fully saturated rings. The Hall–Kier alpha value is -0.510. The first-order chi connectivity index (χ1) is 6.79. The molecule has 1 aliphatic carbocycles. The summed E-state index contributed by atoms with van der Waals surface area (Å²) >= 11 is 5.97. The second-order valence-electron chi connectivity index (χ2n) is 3.59. The van der Waals surface area contributed by atoms with Gasteiger partial charge in [0.1, 0.15) is 5.02 Å². The SMILES string of the molecule is Cl.NCc1cnc(OCC2CC2)c(Cl)c1. The molecule has 0 radical (unpaired) electrons. The van der Waals surface area contributed by atoms with Gasteiger partial charge in [-0.15, -0.1) is 12.4 Å². The number of rotatable bonds is 4. The molecule has 3 nitrogen and oxygen atoms in total. The van der Waals surface area contributed by atoms with Gasteiger partial charge in [0.05, 0.1) is 6.61 Å². The number of nitrogens with zero attached hydrogens (tertiary/aromatic N) is 1. The molecular formula is C10H14Cl2N2O. The highest BCUT2D eigenvalue weighted by Gasteiger charge is 2.22. The summed E-state index contributed by atoms with van der Waals surface area (Å²) in [5.41, 5.74) is 6.39. The minimum atomic E-state index is 0. The van der Waals surface area contributed by atoms with Crippen molar-refractivity contribution < 1.29 is 4.74 Å². The maximum atomic E-state index is 5.97. The maximum absolute atomic E-state index is 5.97. The Balaban J connectivity index is 0.00000112. The third-order valence-electron chi connectivity index (χ3n) is 2.25. The third-order valence-corrected chi connectivity index (χ3v) is 2.52. The van der Waals surface area contributed by atoms with Crippen LogP contribution in [0.15, 0.2) is 12.3 Å². The summed E-state index contributed by atoms with van der Waals surface area (Å²) in [6, 6.07) is 1.80. The van der Waals surface area contributed by atoms with Gasteiger partial charge >= 0.3 is 0 Å². The molecular weight excluding hydrogens is 235 g/mol. The lowest BCUT2D eigenvalue weighted by Crippen LogP contribution is -2.03. The molecule has 1 aromatic heterocycles. The van der Waals surface area contributed by atoms with Crippen molar-refractivity contribution in [3.05, 3.63) is 22.8 Å². The van der Waals surface area contributed by atoms with E-state index in [2.05, 4.69) is 4.98 Å². The van der Waals surface area contributed by atoms with Crippen molar-refractivity contribution in [3.8, 4) is 5.88 Å². The summed E-state index contributed by atoms with van der Waals surface area (Å²) in [6.45, 7) is 1.18. The Kier molecular flexibility index (Phi) is 4.64. The zero-order valence-electron chi connectivity index (χ0n) is 8.28. The summed E-state index contributed by atoms with van der Waals surface area (Å²) in [5, 5.41) is 0.550. The minimum absolute atomic E-state index is 0. The van der Waals surface area contributed by atoms with Crippen LogP contribution in [0, 0.1) is 5.92 Å². The number of pyridine rings is 1.